The molecule has 0 aliphatic carbocycles. The van der Waals surface area contributed by atoms with E-state index in [4.69, 9.17) is 0 Å². The maximum atomic E-state index is 13.3. The van der Waals surface area contributed by atoms with Crippen LogP contribution in [0, 0.1) is 12.7 Å². The minimum atomic E-state index is -0.631. The molecular weight excluding hydrogens is 235 g/mol. The highest BCUT2D eigenvalue weighted by Gasteiger charge is 2.16. The molecule has 4 heteroatoms. The van der Waals surface area contributed by atoms with Gasteiger partial charge in [-0.2, -0.15) is 0 Å². The van der Waals surface area contributed by atoms with Crippen molar-refractivity contribution in [2.75, 3.05) is 6.61 Å². The van der Waals surface area contributed by atoms with E-state index in [1.165, 1.54) is 12.1 Å². The SMILES string of the molecule is CC.CCOC(=O)CC(=O)c1cc(C)ccc1F. The average Bonchev–Trinajstić information content (AvgIpc) is 2.35. The zero-order valence-corrected chi connectivity index (χ0v) is 11.2. The summed E-state index contributed by atoms with van der Waals surface area (Å²) in [4.78, 5) is 22.6. The van der Waals surface area contributed by atoms with E-state index in [0.29, 0.717) is 0 Å². The van der Waals surface area contributed by atoms with Gasteiger partial charge in [0.1, 0.15) is 12.2 Å². The number of Topliss-reactive ketones (excluding diaryl/α,β-unsaturated/α-hetero) is 1. The van der Waals surface area contributed by atoms with E-state index in [1.807, 2.05) is 13.8 Å². The molecule has 0 aliphatic heterocycles. The molecule has 0 N–H and O–H groups in total. The Bertz CT molecular complexity index is 414. The number of halogens is 1. The Morgan fingerprint density at radius 1 is 1.28 bits per heavy atom. The van der Waals surface area contributed by atoms with Crippen molar-refractivity contribution in [2.45, 2.75) is 34.1 Å². The van der Waals surface area contributed by atoms with Gasteiger partial charge < -0.3 is 4.74 Å². The van der Waals surface area contributed by atoms with Crippen molar-refractivity contribution in [2.24, 2.45) is 0 Å². The van der Waals surface area contributed by atoms with Gasteiger partial charge >= 0.3 is 5.97 Å². The largest absolute Gasteiger partial charge is 0.466 e. The normalized spacial score (nSPS) is 9.17. The molecular formula is C14H19FO3. The van der Waals surface area contributed by atoms with Gasteiger partial charge in [-0.3, -0.25) is 9.59 Å². The fraction of sp³-hybridized carbons (Fsp3) is 0.429. The maximum Gasteiger partial charge on any atom is 0.313 e. The van der Waals surface area contributed by atoms with E-state index >= 15 is 0 Å². The van der Waals surface area contributed by atoms with Crippen molar-refractivity contribution in [3.8, 4) is 0 Å². The van der Waals surface area contributed by atoms with Crippen LogP contribution in [0.3, 0.4) is 0 Å². The first-order valence-corrected chi connectivity index (χ1v) is 5.99. The summed E-state index contributed by atoms with van der Waals surface area (Å²) in [7, 11) is 0. The first kappa shape index (κ1) is 16.3. The second-order valence-electron chi connectivity index (χ2n) is 3.39. The summed E-state index contributed by atoms with van der Waals surface area (Å²) in [5, 5.41) is 0. The van der Waals surface area contributed by atoms with E-state index < -0.39 is 24.0 Å². The number of esters is 1. The van der Waals surface area contributed by atoms with Gasteiger partial charge in [0, 0.05) is 0 Å². The number of rotatable bonds is 4. The van der Waals surface area contributed by atoms with Crippen molar-refractivity contribution in [3.05, 3.63) is 35.1 Å². The predicted octanol–water partition coefficient (Wildman–Crippen LogP) is 3.30. The second kappa shape index (κ2) is 8.39. The quantitative estimate of drug-likeness (QED) is 0.470. The average molecular weight is 254 g/mol. The molecule has 0 aliphatic rings. The van der Waals surface area contributed by atoms with Gasteiger partial charge in [0.15, 0.2) is 5.78 Å². The lowest BCUT2D eigenvalue weighted by molar-refractivity contribution is -0.141. The van der Waals surface area contributed by atoms with Crippen molar-refractivity contribution >= 4 is 11.8 Å². The summed E-state index contributed by atoms with van der Waals surface area (Å²) in [5.74, 6) is -1.80. The van der Waals surface area contributed by atoms with Crippen LogP contribution >= 0.6 is 0 Å². The Balaban J connectivity index is 0.00000137. The predicted molar refractivity (Wildman–Crippen MR) is 68.1 cm³/mol. The van der Waals surface area contributed by atoms with Crippen molar-refractivity contribution in [3.63, 3.8) is 0 Å². The molecule has 0 saturated carbocycles. The van der Waals surface area contributed by atoms with E-state index in [2.05, 4.69) is 4.74 Å². The molecule has 100 valence electrons. The summed E-state index contributed by atoms with van der Waals surface area (Å²) in [6.07, 6.45) is -0.422. The Labute approximate surface area is 107 Å². The molecule has 0 unspecified atom stereocenters. The lowest BCUT2D eigenvalue weighted by atomic mass is 10.1. The zero-order chi connectivity index (χ0) is 14.1. The van der Waals surface area contributed by atoms with Crippen LogP contribution in [-0.4, -0.2) is 18.4 Å². The van der Waals surface area contributed by atoms with Gasteiger partial charge in [-0.05, 0) is 26.0 Å². The van der Waals surface area contributed by atoms with Crippen molar-refractivity contribution in [1.82, 2.24) is 0 Å². The number of carbonyl (C=O) groups excluding carboxylic acids is 2. The standard InChI is InChI=1S/C12H13FO3.C2H6/c1-3-16-12(15)7-11(14)9-6-8(2)4-5-10(9)13;1-2/h4-6H,3,7H2,1-2H3;1-2H3. The van der Waals surface area contributed by atoms with E-state index in [-0.39, 0.29) is 12.2 Å². The summed E-state index contributed by atoms with van der Waals surface area (Å²) in [5.41, 5.74) is 0.710. The smallest absolute Gasteiger partial charge is 0.313 e. The second-order valence-corrected chi connectivity index (χ2v) is 3.39. The van der Waals surface area contributed by atoms with Crippen LogP contribution in [0.4, 0.5) is 4.39 Å². The van der Waals surface area contributed by atoms with Gasteiger partial charge in [-0.25, -0.2) is 4.39 Å². The molecule has 18 heavy (non-hydrogen) atoms. The lowest BCUT2D eigenvalue weighted by Crippen LogP contribution is -2.12. The Morgan fingerprint density at radius 3 is 2.44 bits per heavy atom. The van der Waals surface area contributed by atoms with Crippen LogP contribution in [0.25, 0.3) is 0 Å². The summed E-state index contributed by atoms with van der Waals surface area (Å²) in [6.45, 7) is 7.61. The number of carbonyl (C=O) groups is 2. The van der Waals surface area contributed by atoms with Crippen LogP contribution < -0.4 is 0 Å². The van der Waals surface area contributed by atoms with E-state index in [1.54, 1.807) is 19.9 Å². The molecule has 0 spiro atoms. The van der Waals surface area contributed by atoms with Gasteiger partial charge in [-0.15, -0.1) is 0 Å². The molecule has 1 aromatic rings. The first-order chi connectivity index (χ1) is 8.54. The number of ketones is 1. The fourth-order valence-corrected chi connectivity index (χ4v) is 1.29. The number of benzene rings is 1. The summed E-state index contributed by atoms with van der Waals surface area (Å²) in [6, 6.07) is 4.21. The monoisotopic (exact) mass is 254 g/mol. The van der Waals surface area contributed by atoms with Crippen LogP contribution in [-0.2, 0) is 9.53 Å². The molecule has 0 fully saturated rings. The molecule has 0 aromatic heterocycles. The lowest BCUT2D eigenvalue weighted by Gasteiger charge is -2.03. The van der Waals surface area contributed by atoms with Crippen molar-refractivity contribution in [1.29, 1.82) is 0 Å². The van der Waals surface area contributed by atoms with E-state index in [9.17, 15) is 14.0 Å². The summed E-state index contributed by atoms with van der Waals surface area (Å²) < 4.78 is 17.9. The number of aryl methyl sites for hydroxylation is 1. The fourth-order valence-electron chi connectivity index (χ4n) is 1.29. The van der Waals surface area contributed by atoms with Gasteiger partial charge in [0.25, 0.3) is 0 Å². The Hall–Kier alpha value is -1.71. The molecule has 0 heterocycles. The van der Waals surface area contributed by atoms with Crippen LogP contribution in [0.5, 0.6) is 0 Å². The Morgan fingerprint density at radius 2 is 1.89 bits per heavy atom. The molecule has 3 nitrogen and oxygen atoms in total. The minimum absolute atomic E-state index is 0.0620. The molecule has 0 atom stereocenters. The number of hydrogen-bond acceptors (Lipinski definition) is 3. The Kier molecular flexibility index (Phi) is 7.59. The number of hydrogen-bond donors (Lipinski definition) is 0. The van der Waals surface area contributed by atoms with Gasteiger partial charge in [0.2, 0.25) is 0 Å². The highest BCUT2D eigenvalue weighted by atomic mass is 19.1. The first-order valence-electron chi connectivity index (χ1n) is 5.99. The molecule has 0 amide bonds. The topological polar surface area (TPSA) is 43.4 Å². The third-order valence-electron chi connectivity index (χ3n) is 2.03. The van der Waals surface area contributed by atoms with Gasteiger partial charge in [0.05, 0.1) is 12.2 Å². The zero-order valence-electron chi connectivity index (χ0n) is 11.2. The molecule has 0 bridgehead atoms. The minimum Gasteiger partial charge on any atom is -0.466 e. The molecule has 1 aromatic carbocycles. The third-order valence-corrected chi connectivity index (χ3v) is 2.03. The molecule has 0 radical (unpaired) electrons. The van der Waals surface area contributed by atoms with E-state index in [0.717, 1.165) is 5.56 Å². The van der Waals surface area contributed by atoms with Crippen LogP contribution in [0.2, 0.25) is 0 Å². The highest BCUT2D eigenvalue weighted by molar-refractivity contribution is 6.06. The van der Waals surface area contributed by atoms with Crippen LogP contribution in [0.1, 0.15) is 43.1 Å². The third kappa shape index (κ3) is 5.08. The van der Waals surface area contributed by atoms with Crippen molar-refractivity contribution < 1.29 is 18.7 Å². The van der Waals surface area contributed by atoms with Crippen LogP contribution in [0.15, 0.2) is 18.2 Å². The molecule has 0 saturated heterocycles. The summed E-state index contributed by atoms with van der Waals surface area (Å²) >= 11 is 0. The highest BCUT2D eigenvalue weighted by Crippen LogP contribution is 2.12. The maximum absolute atomic E-state index is 13.3. The van der Waals surface area contributed by atoms with Gasteiger partial charge in [-0.1, -0.05) is 25.5 Å². The number of ether oxygens (including phenoxy) is 1. The molecule has 1 rings (SSSR count).